The van der Waals surface area contributed by atoms with Crippen LogP contribution in [0.4, 0.5) is 0 Å². The maximum absolute atomic E-state index is 13.6. The summed E-state index contributed by atoms with van der Waals surface area (Å²) in [6.07, 6.45) is 0.347. The molecule has 3 rings (SSSR count). The van der Waals surface area contributed by atoms with Crippen molar-refractivity contribution in [3.63, 3.8) is 0 Å². The van der Waals surface area contributed by atoms with Crippen LogP contribution in [0.1, 0.15) is 31.9 Å². The molecule has 0 fully saturated rings. The standard InChI is InChI=1S/C28H29BrCl2N2O3/c1-28(2,3)32-27(35)24(15-19-8-5-4-6-9-19)33(17-20-10-7-11-21(30)14-20)26(34)18-36-25-13-12-22(31)16-23(25)29/h4-14,16,24H,15,17-18H2,1-3H3,(H,32,35)/t24-/m0/s1. The molecule has 36 heavy (non-hydrogen) atoms. The highest BCUT2D eigenvalue weighted by molar-refractivity contribution is 9.10. The summed E-state index contributed by atoms with van der Waals surface area (Å²) in [5.41, 5.74) is 1.28. The number of hydrogen-bond donors (Lipinski definition) is 1. The van der Waals surface area contributed by atoms with E-state index in [2.05, 4.69) is 21.2 Å². The molecule has 1 atom stereocenters. The summed E-state index contributed by atoms with van der Waals surface area (Å²) in [5.74, 6) is -0.0922. The van der Waals surface area contributed by atoms with Crippen LogP contribution in [0.3, 0.4) is 0 Å². The third kappa shape index (κ3) is 8.54. The molecule has 3 aromatic rings. The zero-order valence-corrected chi connectivity index (χ0v) is 23.5. The Morgan fingerprint density at radius 2 is 1.61 bits per heavy atom. The Balaban J connectivity index is 1.94. The van der Waals surface area contributed by atoms with Gasteiger partial charge in [0.25, 0.3) is 5.91 Å². The van der Waals surface area contributed by atoms with Crippen LogP contribution in [0.25, 0.3) is 0 Å². The highest BCUT2D eigenvalue weighted by Gasteiger charge is 2.32. The monoisotopic (exact) mass is 590 g/mol. The van der Waals surface area contributed by atoms with Crippen LogP contribution in [0.5, 0.6) is 5.75 Å². The Morgan fingerprint density at radius 1 is 0.944 bits per heavy atom. The molecule has 190 valence electrons. The van der Waals surface area contributed by atoms with E-state index in [4.69, 9.17) is 27.9 Å². The van der Waals surface area contributed by atoms with Crippen LogP contribution >= 0.6 is 39.1 Å². The fourth-order valence-electron chi connectivity index (χ4n) is 3.65. The zero-order valence-electron chi connectivity index (χ0n) is 20.4. The average molecular weight is 592 g/mol. The Morgan fingerprint density at radius 3 is 2.25 bits per heavy atom. The molecule has 0 bridgehead atoms. The third-order valence-electron chi connectivity index (χ3n) is 5.26. The zero-order chi connectivity index (χ0) is 26.3. The summed E-state index contributed by atoms with van der Waals surface area (Å²) in [5, 5.41) is 4.14. The molecule has 1 N–H and O–H groups in total. The van der Waals surface area contributed by atoms with Crippen molar-refractivity contribution in [3.8, 4) is 5.75 Å². The van der Waals surface area contributed by atoms with Crippen molar-refractivity contribution in [3.05, 3.63) is 98.4 Å². The molecule has 3 aromatic carbocycles. The fourth-order valence-corrected chi connectivity index (χ4v) is 4.66. The Kier molecular flexibility index (Phi) is 9.83. The summed E-state index contributed by atoms with van der Waals surface area (Å²) in [7, 11) is 0. The highest BCUT2D eigenvalue weighted by Crippen LogP contribution is 2.28. The van der Waals surface area contributed by atoms with Gasteiger partial charge in [-0.2, -0.15) is 0 Å². The Hall–Kier alpha value is -2.54. The quantitative estimate of drug-likeness (QED) is 0.302. The molecule has 8 heteroatoms. The number of nitrogens with zero attached hydrogens (tertiary/aromatic N) is 1. The van der Waals surface area contributed by atoms with Crippen molar-refractivity contribution in [2.75, 3.05) is 6.61 Å². The minimum Gasteiger partial charge on any atom is -0.483 e. The summed E-state index contributed by atoms with van der Waals surface area (Å²) >= 11 is 15.7. The molecule has 0 aliphatic carbocycles. The lowest BCUT2D eigenvalue weighted by Crippen LogP contribution is -2.55. The van der Waals surface area contributed by atoms with Crippen molar-refractivity contribution in [2.45, 2.75) is 45.3 Å². The number of hydrogen-bond acceptors (Lipinski definition) is 3. The summed E-state index contributed by atoms with van der Waals surface area (Å²) < 4.78 is 6.46. The number of rotatable bonds is 9. The number of carbonyl (C=O) groups is 2. The summed E-state index contributed by atoms with van der Waals surface area (Å²) in [6, 6.07) is 21.2. The number of nitrogens with one attached hydrogen (secondary N) is 1. The minimum atomic E-state index is -0.768. The van der Waals surface area contributed by atoms with E-state index in [0.717, 1.165) is 11.1 Å². The first-order valence-electron chi connectivity index (χ1n) is 11.5. The van der Waals surface area contributed by atoms with E-state index in [-0.39, 0.29) is 25.0 Å². The van der Waals surface area contributed by atoms with Gasteiger partial charge in [0, 0.05) is 28.5 Å². The lowest BCUT2D eigenvalue weighted by atomic mass is 10.0. The second kappa shape index (κ2) is 12.6. The molecule has 0 aliphatic rings. The topological polar surface area (TPSA) is 58.6 Å². The number of carbonyl (C=O) groups excluding carboxylic acids is 2. The molecule has 5 nitrogen and oxygen atoms in total. The van der Waals surface area contributed by atoms with Gasteiger partial charge in [0.05, 0.1) is 4.47 Å². The first kappa shape index (κ1) is 28.0. The summed E-state index contributed by atoms with van der Waals surface area (Å²) in [4.78, 5) is 28.7. The largest absolute Gasteiger partial charge is 0.483 e. The molecular weight excluding hydrogens is 563 g/mol. The minimum absolute atomic E-state index is 0.194. The predicted octanol–water partition coefficient (Wildman–Crippen LogP) is 6.69. The van der Waals surface area contributed by atoms with E-state index in [0.29, 0.717) is 26.7 Å². The number of halogens is 3. The van der Waals surface area contributed by atoms with Crippen molar-refractivity contribution < 1.29 is 14.3 Å². The van der Waals surface area contributed by atoms with Crippen LogP contribution in [0.2, 0.25) is 10.0 Å². The second-order valence-electron chi connectivity index (χ2n) is 9.46. The first-order chi connectivity index (χ1) is 17.0. The van der Waals surface area contributed by atoms with Gasteiger partial charge >= 0.3 is 0 Å². The highest BCUT2D eigenvalue weighted by atomic mass is 79.9. The maximum Gasteiger partial charge on any atom is 0.261 e. The molecule has 0 saturated carbocycles. The van der Waals surface area contributed by atoms with E-state index >= 15 is 0 Å². The van der Waals surface area contributed by atoms with Crippen LogP contribution < -0.4 is 10.1 Å². The molecule has 0 heterocycles. The number of benzene rings is 3. The average Bonchev–Trinajstić information content (AvgIpc) is 2.80. The van der Waals surface area contributed by atoms with E-state index in [1.165, 1.54) is 0 Å². The van der Waals surface area contributed by atoms with Gasteiger partial charge in [-0.3, -0.25) is 9.59 Å². The molecular formula is C28H29BrCl2N2O3. The van der Waals surface area contributed by atoms with Gasteiger partial charge in [-0.1, -0.05) is 65.7 Å². The van der Waals surface area contributed by atoms with Gasteiger partial charge < -0.3 is 15.0 Å². The molecule has 0 spiro atoms. The molecule has 0 aliphatic heterocycles. The normalized spacial score (nSPS) is 12.1. The van der Waals surface area contributed by atoms with Gasteiger partial charge in [-0.25, -0.2) is 0 Å². The van der Waals surface area contributed by atoms with Crippen molar-refractivity contribution in [2.24, 2.45) is 0 Å². The van der Waals surface area contributed by atoms with Crippen LogP contribution in [-0.2, 0) is 22.6 Å². The van der Waals surface area contributed by atoms with Crippen LogP contribution in [0.15, 0.2) is 77.3 Å². The van der Waals surface area contributed by atoms with E-state index < -0.39 is 11.6 Å². The van der Waals surface area contributed by atoms with Crippen LogP contribution in [0, 0.1) is 0 Å². The van der Waals surface area contributed by atoms with Gasteiger partial charge in [-0.15, -0.1) is 0 Å². The first-order valence-corrected chi connectivity index (χ1v) is 13.0. The van der Waals surface area contributed by atoms with E-state index in [1.807, 2.05) is 63.2 Å². The lowest BCUT2D eigenvalue weighted by molar-refractivity contribution is -0.143. The number of ether oxygens (including phenoxy) is 1. The van der Waals surface area contributed by atoms with Gasteiger partial charge in [0.2, 0.25) is 5.91 Å². The smallest absolute Gasteiger partial charge is 0.261 e. The van der Waals surface area contributed by atoms with Gasteiger partial charge in [-0.05, 0) is 78.2 Å². The summed E-state index contributed by atoms with van der Waals surface area (Å²) in [6.45, 7) is 5.67. The lowest BCUT2D eigenvalue weighted by Gasteiger charge is -2.33. The SMILES string of the molecule is CC(C)(C)NC(=O)[C@H](Cc1ccccc1)N(Cc1cccc(Cl)c1)C(=O)COc1ccc(Cl)cc1Br. The van der Waals surface area contributed by atoms with Crippen molar-refractivity contribution in [1.29, 1.82) is 0 Å². The van der Waals surface area contributed by atoms with Crippen molar-refractivity contribution >= 4 is 50.9 Å². The Labute approximate surface area is 230 Å². The van der Waals surface area contributed by atoms with E-state index in [9.17, 15) is 9.59 Å². The Bertz CT molecular complexity index is 1200. The molecule has 0 aromatic heterocycles. The third-order valence-corrected chi connectivity index (χ3v) is 6.35. The molecule has 0 unspecified atom stereocenters. The molecule has 2 amide bonds. The second-order valence-corrected chi connectivity index (χ2v) is 11.2. The molecule has 0 radical (unpaired) electrons. The van der Waals surface area contributed by atoms with Gasteiger partial charge in [0.15, 0.2) is 6.61 Å². The van der Waals surface area contributed by atoms with Gasteiger partial charge in [0.1, 0.15) is 11.8 Å². The van der Waals surface area contributed by atoms with Crippen molar-refractivity contribution in [1.82, 2.24) is 10.2 Å². The van der Waals surface area contributed by atoms with E-state index in [1.54, 1.807) is 35.2 Å². The molecule has 0 saturated heterocycles. The fraction of sp³-hybridized carbons (Fsp3) is 0.286. The number of amides is 2. The van der Waals surface area contributed by atoms with Crippen LogP contribution in [-0.4, -0.2) is 34.9 Å². The maximum atomic E-state index is 13.6. The predicted molar refractivity (Wildman–Crippen MR) is 148 cm³/mol.